The molecule has 1 aromatic rings. The van der Waals surface area contributed by atoms with Crippen molar-refractivity contribution in [2.24, 2.45) is 0 Å². The van der Waals surface area contributed by atoms with Crippen molar-refractivity contribution in [2.45, 2.75) is 37.9 Å². The highest BCUT2D eigenvalue weighted by molar-refractivity contribution is 6.31. The zero-order valence-electron chi connectivity index (χ0n) is 9.75. The number of benzene rings is 1. The molecule has 1 aromatic carbocycles. The minimum absolute atomic E-state index is 0.123. The van der Waals surface area contributed by atoms with Crippen LogP contribution in [0.3, 0.4) is 0 Å². The van der Waals surface area contributed by atoms with Gasteiger partial charge in [-0.25, -0.2) is 4.39 Å². The summed E-state index contributed by atoms with van der Waals surface area (Å²) in [4.78, 5) is 0. The van der Waals surface area contributed by atoms with Crippen LogP contribution in [0.15, 0.2) is 18.2 Å². The maximum absolute atomic E-state index is 13.1. The van der Waals surface area contributed by atoms with Gasteiger partial charge in [-0.05, 0) is 30.7 Å². The van der Waals surface area contributed by atoms with Crippen LogP contribution in [0, 0.1) is 5.82 Å². The average molecular weight is 259 g/mol. The molecule has 4 heteroatoms. The number of ether oxygens (including phenoxy) is 1. The number of hydrogen-bond acceptors (Lipinski definition) is 2. The highest BCUT2D eigenvalue weighted by atomic mass is 35.5. The summed E-state index contributed by atoms with van der Waals surface area (Å²) < 4.78 is 18.5. The van der Waals surface area contributed by atoms with Crippen LogP contribution in [0.4, 0.5) is 4.39 Å². The van der Waals surface area contributed by atoms with Gasteiger partial charge in [-0.2, -0.15) is 0 Å². The lowest BCUT2D eigenvalue weighted by Gasteiger charge is -2.43. The van der Waals surface area contributed by atoms with Gasteiger partial charge in [-0.3, -0.25) is 0 Å². The fourth-order valence-electron chi connectivity index (χ4n) is 2.32. The smallest absolute Gasteiger partial charge is 0.123 e. The molecule has 17 heavy (non-hydrogen) atoms. The van der Waals surface area contributed by atoms with Gasteiger partial charge < -0.3 is 9.84 Å². The maximum atomic E-state index is 13.1. The Morgan fingerprint density at radius 2 is 2.24 bits per heavy atom. The molecule has 0 radical (unpaired) electrons. The lowest BCUT2D eigenvalue weighted by atomic mass is 9.73. The maximum Gasteiger partial charge on any atom is 0.123 e. The van der Waals surface area contributed by atoms with E-state index < -0.39 is 5.60 Å². The fraction of sp³-hybridized carbons (Fsp3) is 0.538. The largest absolute Gasteiger partial charge is 0.389 e. The first-order chi connectivity index (χ1) is 8.02. The lowest BCUT2D eigenvalue weighted by Crippen LogP contribution is -2.50. The summed E-state index contributed by atoms with van der Waals surface area (Å²) in [5, 5.41) is 10.7. The first kappa shape index (κ1) is 12.8. The van der Waals surface area contributed by atoms with E-state index in [1.807, 2.05) is 6.92 Å². The number of halogens is 2. The third kappa shape index (κ3) is 2.97. The molecular weight excluding hydrogens is 243 g/mol. The van der Waals surface area contributed by atoms with E-state index in [2.05, 4.69) is 0 Å². The quantitative estimate of drug-likeness (QED) is 0.900. The van der Waals surface area contributed by atoms with Gasteiger partial charge in [0, 0.05) is 30.9 Å². The van der Waals surface area contributed by atoms with Crippen molar-refractivity contribution in [1.82, 2.24) is 0 Å². The molecule has 1 saturated carbocycles. The zero-order chi connectivity index (χ0) is 12.5. The molecule has 0 saturated heterocycles. The van der Waals surface area contributed by atoms with Gasteiger partial charge >= 0.3 is 0 Å². The van der Waals surface area contributed by atoms with Crippen LogP contribution in [0.1, 0.15) is 25.3 Å². The van der Waals surface area contributed by atoms with E-state index in [0.29, 0.717) is 36.5 Å². The van der Waals surface area contributed by atoms with E-state index in [0.717, 1.165) is 0 Å². The topological polar surface area (TPSA) is 29.5 Å². The van der Waals surface area contributed by atoms with Crippen LogP contribution in [0.25, 0.3) is 0 Å². The van der Waals surface area contributed by atoms with Gasteiger partial charge in [0.2, 0.25) is 0 Å². The van der Waals surface area contributed by atoms with Crippen molar-refractivity contribution in [3.63, 3.8) is 0 Å². The normalized spacial score (nSPS) is 27.9. The summed E-state index contributed by atoms with van der Waals surface area (Å²) in [5.41, 5.74) is -0.138. The second-order valence-corrected chi connectivity index (χ2v) is 5.03. The van der Waals surface area contributed by atoms with E-state index >= 15 is 0 Å². The predicted molar refractivity (Wildman–Crippen MR) is 64.7 cm³/mol. The van der Waals surface area contributed by atoms with Crippen LogP contribution in [0.2, 0.25) is 5.02 Å². The fourth-order valence-corrected chi connectivity index (χ4v) is 2.50. The monoisotopic (exact) mass is 258 g/mol. The van der Waals surface area contributed by atoms with Gasteiger partial charge in [0.25, 0.3) is 0 Å². The molecule has 2 rings (SSSR count). The summed E-state index contributed by atoms with van der Waals surface area (Å²) in [6.45, 7) is 2.59. The van der Waals surface area contributed by atoms with Gasteiger partial charge in [-0.15, -0.1) is 0 Å². The molecule has 0 unspecified atom stereocenters. The summed E-state index contributed by atoms with van der Waals surface area (Å²) in [6, 6.07) is 4.22. The first-order valence-corrected chi connectivity index (χ1v) is 6.18. The third-order valence-electron chi connectivity index (χ3n) is 3.14. The van der Waals surface area contributed by atoms with Crippen LogP contribution in [-0.4, -0.2) is 23.4 Å². The van der Waals surface area contributed by atoms with E-state index in [9.17, 15) is 9.50 Å². The predicted octanol–water partition coefficient (Wildman–Crippen LogP) is 2.95. The van der Waals surface area contributed by atoms with Crippen molar-refractivity contribution in [3.05, 3.63) is 34.6 Å². The van der Waals surface area contributed by atoms with E-state index in [1.165, 1.54) is 18.2 Å². The third-order valence-corrected chi connectivity index (χ3v) is 3.51. The molecule has 0 amide bonds. The molecule has 0 atom stereocenters. The molecule has 1 aliphatic rings. The summed E-state index contributed by atoms with van der Waals surface area (Å²) >= 11 is 5.97. The molecular formula is C13H16ClFO2. The van der Waals surface area contributed by atoms with Gasteiger partial charge in [-0.1, -0.05) is 11.6 Å². The van der Waals surface area contributed by atoms with E-state index in [1.54, 1.807) is 0 Å². The highest BCUT2D eigenvalue weighted by Crippen LogP contribution is 2.38. The van der Waals surface area contributed by atoms with Crippen LogP contribution < -0.4 is 0 Å². The standard InChI is InChI=1S/C13H16ClFO2/c1-2-17-11-7-13(16,8-11)6-9-5-10(15)3-4-12(9)14/h3-5,11,16H,2,6-8H2,1H3. The van der Waals surface area contributed by atoms with Crippen molar-refractivity contribution >= 4 is 11.6 Å². The zero-order valence-corrected chi connectivity index (χ0v) is 10.5. The van der Waals surface area contributed by atoms with Crippen molar-refractivity contribution < 1.29 is 14.2 Å². The first-order valence-electron chi connectivity index (χ1n) is 5.80. The number of rotatable bonds is 4. The summed E-state index contributed by atoms with van der Waals surface area (Å²) in [7, 11) is 0. The molecule has 1 aliphatic carbocycles. The Hall–Kier alpha value is -0.640. The van der Waals surface area contributed by atoms with Crippen LogP contribution in [0.5, 0.6) is 0 Å². The Kier molecular flexibility index (Phi) is 3.71. The minimum Gasteiger partial charge on any atom is -0.389 e. The number of aliphatic hydroxyl groups is 1. The van der Waals surface area contributed by atoms with E-state index in [-0.39, 0.29) is 11.9 Å². The molecule has 1 fully saturated rings. The average Bonchev–Trinajstić information content (AvgIpc) is 2.22. The van der Waals surface area contributed by atoms with Crippen molar-refractivity contribution in [2.75, 3.05) is 6.61 Å². The Labute approximate surface area is 105 Å². The lowest BCUT2D eigenvalue weighted by molar-refractivity contribution is -0.136. The minimum atomic E-state index is -0.794. The molecule has 2 nitrogen and oxygen atoms in total. The van der Waals surface area contributed by atoms with Crippen LogP contribution >= 0.6 is 11.6 Å². The van der Waals surface area contributed by atoms with Gasteiger partial charge in [0.05, 0.1) is 11.7 Å². The van der Waals surface area contributed by atoms with Gasteiger partial charge in [0.15, 0.2) is 0 Å². The second kappa shape index (κ2) is 4.92. The van der Waals surface area contributed by atoms with Crippen molar-refractivity contribution in [3.8, 4) is 0 Å². The SMILES string of the molecule is CCOC1CC(O)(Cc2cc(F)ccc2Cl)C1. The van der Waals surface area contributed by atoms with Crippen molar-refractivity contribution in [1.29, 1.82) is 0 Å². The molecule has 0 spiro atoms. The Balaban J connectivity index is 2.00. The van der Waals surface area contributed by atoms with E-state index in [4.69, 9.17) is 16.3 Å². The Morgan fingerprint density at radius 3 is 2.88 bits per heavy atom. The van der Waals surface area contributed by atoms with Crippen LogP contribution in [-0.2, 0) is 11.2 Å². The summed E-state index contributed by atoms with van der Waals surface area (Å²) in [6.07, 6.45) is 1.69. The second-order valence-electron chi connectivity index (χ2n) is 4.62. The molecule has 0 aliphatic heterocycles. The molecule has 0 heterocycles. The molecule has 94 valence electrons. The molecule has 0 aromatic heterocycles. The van der Waals surface area contributed by atoms with Gasteiger partial charge in [0.1, 0.15) is 5.82 Å². The Morgan fingerprint density at radius 1 is 1.53 bits per heavy atom. The molecule has 0 bridgehead atoms. The highest BCUT2D eigenvalue weighted by Gasteiger charge is 2.43. The number of hydrogen-bond donors (Lipinski definition) is 1. The summed E-state index contributed by atoms with van der Waals surface area (Å²) in [5.74, 6) is -0.325. The molecule has 1 N–H and O–H groups in total. The Bertz CT molecular complexity index is 402.